The number of nitrogens with one attached hydrogen (secondary N) is 1. The molecule has 0 aliphatic heterocycles. The van der Waals surface area contributed by atoms with Crippen LogP contribution in [0.1, 0.15) is 27.7 Å². The normalized spacial score (nSPS) is 12.7. The third kappa shape index (κ3) is 9.02. The predicted molar refractivity (Wildman–Crippen MR) is 62.7 cm³/mol. The summed E-state index contributed by atoms with van der Waals surface area (Å²) >= 11 is 0. The molecule has 1 unspecified atom stereocenters. The fourth-order valence-electron chi connectivity index (χ4n) is 0.881. The van der Waals surface area contributed by atoms with Crippen molar-refractivity contribution in [2.45, 2.75) is 39.3 Å². The SMILES string of the molecule is CC(/C=C\C(=O)C=[N+]=[N-])NC(=O)OC(C)(C)C. The van der Waals surface area contributed by atoms with Crippen LogP contribution in [0.3, 0.4) is 0 Å². The Labute approximate surface area is 100 Å². The fourth-order valence-corrected chi connectivity index (χ4v) is 0.881. The minimum Gasteiger partial charge on any atom is -0.444 e. The average molecular weight is 239 g/mol. The number of ketones is 1. The summed E-state index contributed by atoms with van der Waals surface area (Å²) in [6.07, 6.45) is 2.87. The van der Waals surface area contributed by atoms with Crippen molar-refractivity contribution in [3.63, 3.8) is 0 Å². The number of allylic oxidation sites excluding steroid dienone is 1. The molecule has 0 radical (unpaired) electrons. The molecule has 1 N–H and O–H groups in total. The number of hydrogen-bond acceptors (Lipinski definition) is 3. The van der Waals surface area contributed by atoms with Crippen LogP contribution >= 0.6 is 0 Å². The van der Waals surface area contributed by atoms with Crippen LogP contribution in [-0.2, 0) is 9.53 Å². The second-order valence-electron chi connectivity index (χ2n) is 4.44. The first-order chi connectivity index (χ1) is 7.74. The molecular formula is C11H17N3O3. The molecule has 0 rings (SSSR count). The second kappa shape index (κ2) is 6.60. The zero-order chi connectivity index (χ0) is 13.5. The van der Waals surface area contributed by atoms with Crippen LogP contribution in [-0.4, -0.2) is 34.5 Å². The average Bonchev–Trinajstić information content (AvgIpc) is 2.12. The zero-order valence-electron chi connectivity index (χ0n) is 10.4. The topological polar surface area (TPSA) is 91.8 Å². The minimum absolute atomic E-state index is 0.360. The van der Waals surface area contributed by atoms with E-state index in [9.17, 15) is 9.59 Å². The monoisotopic (exact) mass is 239 g/mol. The van der Waals surface area contributed by atoms with Gasteiger partial charge in [-0.3, -0.25) is 4.79 Å². The summed E-state index contributed by atoms with van der Waals surface area (Å²) in [5.41, 5.74) is 7.54. The number of hydrogen-bond donors (Lipinski definition) is 1. The highest BCUT2D eigenvalue weighted by molar-refractivity contribution is 6.30. The lowest BCUT2D eigenvalue weighted by atomic mass is 10.2. The summed E-state index contributed by atoms with van der Waals surface area (Å²) in [6.45, 7) is 6.96. The Morgan fingerprint density at radius 3 is 2.47 bits per heavy atom. The van der Waals surface area contributed by atoms with E-state index in [1.807, 2.05) is 0 Å². The highest BCUT2D eigenvalue weighted by atomic mass is 16.6. The first-order valence-electron chi connectivity index (χ1n) is 5.13. The molecule has 1 atom stereocenters. The Hall–Kier alpha value is -1.94. The van der Waals surface area contributed by atoms with Crippen LogP contribution < -0.4 is 5.32 Å². The van der Waals surface area contributed by atoms with E-state index in [0.717, 1.165) is 6.21 Å². The summed E-state index contributed by atoms with van der Waals surface area (Å²) in [4.78, 5) is 24.8. The smallest absolute Gasteiger partial charge is 0.408 e. The van der Waals surface area contributed by atoms with E-state index in [0.29, 0.717) is 0 Å². The Kier molecular flexibility index (Phi) is 5.85. The van der Waals surface area contributed by atoms with Gasteiger partial charge in [-0.15, -0.1) is 0 Å². The molecule has 0 bridgehead atoms. The van der Waals surface area contributed by atoms with Crippen molar-refractivity contribution in [1.29, 1.82) is 0 Å². The lowest BCUT2D eigenvalue weighted by Gasteiger charge is -2.20. The van der Waals surface area contributed by atoms with Crippen LogP contribution in [0, 0.1) is 0 Å². The lowest BCUT2D eigenvalue weighted by Crippen LogP contribution is -2.36. The van der Waals surface area contributed by atoms with E-state index < -0.39 is 17.5 Å². The summed E-state index contributed by atoms with van der Waals surface area (Å²) in [5.74, 6) is -0.467. The van der Waals surface area contributed by atoms with Gasteiger partial charge in [0.25, 0.3) is 5.78 Å². The molecule has 1 amide bonds. The Morgan fingerprint density at radius 1 is 1.41 bits per heavy atom. The van der Waals surface area contributed by atoms with Crippen molar-refractivity contribution in [3.05, 3.63) is 17.7 Å². The molecule has 0 saturated carbocycles. The number of rotatable bonds is 4. The number of alkyl carbamates (subject to hydrolysis) is 1. The largest absolute Gasteiger partial charge is 0.444 e. The van der Waals surface area contributed by atoms with Crippen LogP contribution in [0.5, 0.6) is 0 Å². The van der Waals surface area contributed by atoms with E-state index in [4.69, 9.17) is 10.3 Å². The van der Waals surface area contributed by atoms with Gasteiger partial charge in [-0.2, -0.15) is 4.79 Å². The van der Waals surface area contributed by atoms with Gasteiger partial charge in [0.1, 0.15) is 5.60 Å². The maximum Gasteiger partial charge on any atom is 0.408 e. The van der Waals surface area contributed by atoms with E-state index >= 15 is 0 Å². The summed E-state index contributed by atoms with van der Waals surface area (Å²) in [7, 11) is 0. The predicted octanol–water partition coefficient (Wildman–Crippen LogP) is 1.33. The first-order valence-corrected chi connectivity index (χ1v) is 5.13. The molecule has 6 heteroatoms. The molecule has 0 heterocycles. The van der Waals surface area contributed by atoms with Crippen molar-refractivity contribution >= 4 is 18.1 Å². The number of carbonyl (C=O) groups is 2. The van der Waals surface area contributed by atoms with Gasteiger partial charge >= 0.3 is 12.3 Å². The van der Waals surface area contributed by atoms with Crippen molar-refractivity contribution in [2.75, 3.05) is 0 Å². The van der Waals surface area contributed by atoms with Crippen molar-refractivity contribution in [1.82, 2.24) is 5.32 Å². The molecule has 6 nitrogen and oxygen atoms in total. The Morgan fingerprint density at radius 2 is 2.00 bits per heavy atom. The maximum absolute atomic E-state index is 11.3. The van der Waals surface area contributed by atoms with Crippen molar-refractivity contribution < 1.29 is 19.1 Å². The maximum atomic E-state index is 11.3. The summed E-state index contributed by atoms with van der Waals surface area (Å²) < 4.78 is 5.03. The molecule has 0 fully saturated rings. The third-order valence-electron chi connectivity index (χ3n) is 1.48. The van der Waals surface area contributed by atoms with Gasteiger partial charge in [0, 0.05) is 6.04 Å². The van der Waals surface area contributed by atoms with Crippen LogP contribution in [0.15, 0.2) is 12.2 Å². The van der Waals surface area contributed by atoms with Crippen LogP contribution in [0.2, 0.25) is 0 Å². The summed E-state index contributed by atoms with van der Waals surface area (Å²) in [5, 5.41) is 2.53. The number of amides is 1. The van der Waals surface area contributed by atoms with Gasteiger partial charge in [0.05, 0.1) is 0 Å². The van der Waals surface area contributed by atoms with Gasteiger partial charge in [0.15, 0.2) is 0 Å². The van der Waals surface area contributed by atoms with E-state index in [2.05, 4.69) is 10.1 Å². The zero-order valence-corrected chi connectivity index (χ0v) is 10.4. The first kappa shape index (κ1) is 15.1. The van der Waals surface area contributed by atoms with E-state index in [1.165, 1.54) is 12.2 Å². The van der Waals surface area contributed by atoms with Crippen LogP contribution in [0.25, 0.3) is 5.53 Å². The molecule has 0 aromatic carbocycles. The molecule has 94 valence electrons. The van der Waals surface area contributed by atoms with Gasteiger partial charge in [0.2, 0.25) is 0 Å². The minimum atomic E-state index is -0.563. The number of nitrogens with zero attached hydrogens (tertiary/aromatic N) is 2. The van der Waals surface area contributed by atoms with Gasteiger partial charge in [-0.25, -0.2) is 4.79 Å². The Balaban J connectivity index is 4.18. The summed E-state index contributed by atoms with van der Waals surface area (Å²) in [6, 6.07) is -0.360. The molecule has 0 aliphatic rings. The highest BCUT2D eigenvalue weighted by Gasteiger charge is 2.16. The Bertz CT molecular complexity index is 363. The molecule has 0 aromatic heterocycles. The van der Waals surface area contributed by atoms with Crippen molar-refractivity contribution in [2.24, 2.45) is 0 Å². The molecule has 17 heavy (non-hydrogen) atoms. The van der Waals surface area contributed by atoms with Gasteiger partial charge < -0.3 is 15.6 Å². The quantitative estimate of drug-likeness (QED) is 0.347. The molecular weight excluding hydrogens is 222 g/mol. The number of carbonyl (C=O) groups excluding carboxylic acids is 2. The van der Waals surface area contributed by atoms with E-state index in [1.54, 1.807) is 27.7 Å². The fraction of sp³-hybridized carbons (Fsp3) is 0.545. The van der Waals surface area contributed by atoms with Gasteiger partial charge in [-0.05, 0) is 33.8 Å². The van der Waals surface area contributed by atoms with Crippen molar-refractivity contribution in [3.8, 4) is 0 Å². The standard InChI is InChI=1S/C11H17N3O3/c1-8(5-6-9(15)7-13-12)14-10(16)17-11(2,3)4/h5-8H,1-4H3,(H,14,16)/b6-5-. The second-order valence-corrected chi connectivity index (χ2v) is 4.44. The van der Waals surface area contributed by atoms with E-state index in [-0.39, 0.29) is 6.04 Å². The van der Waals surface area contributed by atoms with Gasteiger partial charge in [-0.1, -0.05) is 6.08 Å². The highest BCUT2D eigenvalue weighted by Crippen LogP contribution is 2.06. The lowest BCUT2D eigenvalue weighted by molar-refractivity contribution is -0.111. The molecule has 0 aromatic rings. The molecule has 0 spiro atoms. The molecule has 0 saturated heterocycles. The molecule has 0 aliphatic carbocycles. The van der Waals surface area contributed by atoms with Crippen LogP contribution in [0.4, 0.5) is 4.79 Å². The number of ether oxygens (including phenoxy) is 1. The third-order valence-corrected chi connectivity index (χ3v) is 1.48.